The highest BCUT2D eigenvalue weighted by atomic mass is 35.5. The number of carbonyl (C=O) groups is 2. The van der Waals surface area contributed by atoms with Crippen LogP contribution in [0, 0.1) is 11.2 Å². The highest BCUT2D eigenvalue weighted by Gasteiger charge is 2.49. The lowest BCUT2D eigenvalue weighted by Gasteiger charge is -2.46. The summed E-state index contributed by atoms with van der Waals surface area (Å²) in [5.74, 6) is 0.399. The van der Waals surface area contributed by atoms with E-state index in [9.17, 15) is 9.59 Å². The lowest BCUT2D eigenvalue weighted by Crippen LogP contribution is -2.55. The summed E-state index contributed by atoms with van der Waals surface area (Å²) in [6.45, 7) is 3.54. The molecule has 1 atom stereocenters. The van der Waals surface area contributed by atoms with E-state index in [0.717, 1.165) is 25.7 Å². The van der Waals surface area contributed by atoms with Crippen molar-refractivity contribution in [2.45, 2.75) is 50.4 Å². The Morgan fingerprint density at radius 2 is 1.63 bits per heavy atom. The predicted molar refractivity (Wildman–Crippen MR) is 144 cm³/mol. The molecule has 2 aromatic carbocycles. The number of hydrogen-bond acceptors (Lipinski definition) is 4. The molecule has 204 valence electrons. The van der Waals surface area contributed by atoms with Gasteiger partial charge >= 0.3 is 0 Å². The van der Waals surface area contributed by atoms with Crippen LogP contribution >= 0.6 is 11.6 Å². The summed E-state index contributed by atoms with van der Waals surface area (Å²) in [6.07, 6.45) is 4.90. The van der Waals surface area contributed by atoms with E-state index in [0.29, 0.717) is 75.2 Å². The fourth-order valence-corrected chi connectivity index (χ4v) is 6.56. The zero-order chi connectivity index (χ0) is 26.6. The number of benzene rings is 2. The molecule has 8 heteroatoms. The second kappa shape index (κ2) is 11.6. The summed E-state index contributed by atoms with van der Waals surface area (Å²) < 4.78 is 26.7. The molecule has 2 heterocycles. The Bertz CT molecular complexity index is 1130. The standard InChI is InChI=1S/C30H36ClFN2O4/c31-23-8-10-24(11-9-23)38-22-29(20-27(35)33-16-18-37-19-17-33)12-5-15-34(21-29)28(36)30(13-3-4-14-30)25-6-1-2-7-26(25)32/h1-2,6-11H,3-5,12-22H2/t29-/m1/s1. The Morgan fingerprint density at radius 1 is 0.921 bits per heavy atom. The Morgan fingerprint density at radius 3 is 2.34 bits per heavy atom. The van der Waals surface area contributed by atoms with Crippen LogP contribution in [0.4, 0.5) is 4.39 Å². The van der Waals surface area contributed by atoms with E-state index < -0.39 is 10.8 Å². The molecule has 0 aromatic heterocycles. The first-order valence-electron chi connectivity index (χ1n) is 13.7. The molecule has 2 saturated heterocycles. The third-order valence-electron chi connectivity index (χ3n) is 8.45. The molecule has 2 amide bonds. The molecule has 3 fully saturated rings. The fourth-order valence-electron chi connectivity index (χ4n) is 6.44. The fraction of sp³-hybridized carbons (Fsp3) is 0.533. The first-order valence-corrected chi connectivity index (χ1v) is 14.1. The number of carbonyl (C=O) groups excluding carboxylic acids is 2. The van der Waals surface area contributed by atoms with Gasteiger partial charge in [0.25, 0.3) is 0 Å². The van der Waals surface area contributed by atoms with Crippen LogP contribution in [0.25, 0.3) is 0 Å². The number of ether oxygens (including phenoxy) is 2. The minimum absolute atomic E-state index is 0.0190. The van der Waals surface area contributed by atoms with Crippen LogP contribution in [-0.4, -0.2) is 67.6 Å². The molecule has 0 spiro atoms. The van der Waals surface area contributed by atoms with Crippen LogP contribution in [0.15, 0.2) is 48.5 Å². The Kier molecular flexibility index (Phi) is 8.24. The van der Waals surface area contributed by atoms with Crippen LogP contribution in [-0.2, 0) is 19.7 Å². The zero-order valence-corrected chi connectivity index (χ0v) is 22.6. The monoisotopic (exact) mass is 542 g/mol. The van der Waals surface area contributed by atoms with Crippen LogP contribution in [0.3, 0.4) is 0 Å². The SMILES string of the molecule is O=C(C[C@]1(COc2ccc(Cl)cc2)CCCN(C(=O)C2(c3ccccc3F)CCCC2)C1)N1CCOCC1. The quantitative estimate of drug-likeness (QED) is 0.481. The molecular formula is C30H36ClFN2O4. The maximum absolute atomic E-state index is 15.0. The molecule has 1 saturated carbocycles. The number of nitrogens with zero attached hydrogens (tertiary/aromatic N) is 2. The van der Waals surface area contributed by atoms with Gasteiger partial charge in [-0.15, -0.1) is 0 Å². The van der Waals surface area contributed by atoms with Gasteiger partial charge in [-0.1, -0.05) is 42.6 Å². The van der Waals surface area contributed by atoms with Gasteiger partial charge in [-0.05, 0) is 56.0 Å². The first-order chi connectivity index (χ1) is 18.4. The van der Waals surface area contributed by atoms with E-state index >= 15 is 4.39 Å². The van der Waals surface area contributed by atoms with Crippen molar-refractivity contribution < 1.29 is 23.5 Å². The van der Waals surface area contributed by atoms with Crippen molar-refractivity contribution in [2.24, 2.45) is 5.41 Å². The number of hydrogen-bond donors (Lipinski definition) is 0. The van der Waals surface area contributed by atoms with Crippen molar-refractivity contribution in [1.29, 1.82) is 0 Å². The van der Waals surface area contributed by atoms with Gasteiger partial charge in [0, 0.05) is 48.6 Å². The average Bonchev–Trinajstić information content (AvgIpc) is 3.44. The lowest BCUT2D eigenvalue weighted by atomic mass is 9.73. The summed E-state index contributed by atoms with van der Waals surface area (Å²) in [7, 11) is 0. The smallest absolute Gasteiger partial charge is 0.233 e. The predicted octanol–water partition coefficient (Wildman–Crippen LogP) is 5.23. The van der Waals surface area contributed by atoms with Crippen LogP contribution in [0.5, 0.6) is 5.75 Å². The average molecular weight is 543 g/mol. The van der Waals surface area contributed by atoms with Crippen LogP contribution in [0.2, 0.25) is 5.02 Å². The summed E-state index contributed by atoms with van der Waals surface area (Å²) in [5.41, 5.74) is -0.891. The molecular weight excluding hydrogens is 507 g/mol. The molecule has 0 N–H and O–H groups in total. The molecule has 0 bridgehead atoms. The summed E-state index contributed by atoms with van der Waals surface area (Å²) in [4.78, 5) is 31.4. The maximum Gasteiger partial charge on any atom is 0.233 e. The largest absolute Gasteiger partial charge is 0.493 e. The number of amides is 2. The van der Waals surface area contributed by atoms with E-state index in [1.54, 1.807) is 24.3 Å². The molecule has 3 aliphatic rings. The highest BCUT2D eigenvalue weighted by Crippen LogP contribution is 2.45. The van der Waals surface area contributed by atoms with Crippen molar-refractivity contribution in [3.05, 3.63) is 64.9 Å². The number of morpholine rings is 1. The topological polar surface area (TPSA) is 59.1 Å². The Balaban J connectivity index is 1.40. The van der Waals surface area contributed by atoms with E-state index in [4.69, 9.17) is 21.1 Å². The number of likely N-dealkylation sites (tertiary alicyclic amines) is 1. The minimum Gasteiger partial charge on any atom is -0.493 e. The van der Waals surface area contributed by atoms with Crippen LogP contribution < -0.4 is 4.74 Å². The van der Waals surface area contributed by atoms with Gasteiger partial charge in [-0.25, -0.2) is 4.39 Å². The van der Waals surface area contributed by atoms with Crippen molar-refractivity contribution in [3.8, 4) is 5.75 Å². The van der Waals surface area contributed by atoms with Crippen LogP contribution in [0.1, 0.15) is 50.5 Å². The van der Waals surface area contributed by atoms with Crippen molar-refractivity contribution in [1.82, 2.24) is 9.80 Å². The number of halogens is 2. The molecule has 1 aliphatic carbocycles. The molecule has 5 rings (SSSR count). The van der Waals surface area contributed by atoms with Crippen molar-refractivity contribution in [3.63, 3.8) is 0 Å². The summed E-state index contributed by atoms with van der Waals surface area (Å²) in [6, 6.07) is 13.9. The van der Waals surface area contributed by atoms with Gasteiger partial charge < -0.3 is 19.3 Å². The first kappa shape index (κ1) is 26.9. The van der Waals surface area contributed by atoms with Gasteiger partial charge in [0.05, 0.1) is 25.2 Å². The number of rotatable bonds is 7. The van der Waals surface area contributed by atoms with E-state index in [1.807, 2.05) is 28.0 Å². The normalized spacial score (nSPS) is 23.3. The van der Waals surface area contributed by atoms with E-state index in [2.05, 4.69) is 0 Å². The number of piperidine rings is 1. The molecule has 2 aliphatic heterocycles. The molecule has 38 heavy (non-hydrogen) atoms. The van der Waals surface area contributed by atoms with Gasteiger partial charge in [0.2, 0.25) is 11.8 Å². The van der Waals surface area contributed by atoms with E-state index in [-0.39, 0.29) is 24.1 Å². The second-order valence-corrected chi connectivity index (χ2v) is 11.4. The third-order valence-corrected chi connectivity index (χ3v) is 8.71. The van der Waals surface area contributed by atoms with Crippen molar-refractivity contribution >= 4 is 23.4 Å². The zero-order valence-electron chi connectivity index (χ0n) is 21.8. The Hall–Kier alpha value is -2.64. The highest BCUT2D eigenvalue weighted by molar-refractivity contribution is 6.30. The molecule has 0 radical (unpaired) electrons. The van der Waals surface area contributed by atoms with Crippen molar-refractivity contribution in [2.75, 3.05) is 46.0 Å². The molecule has 6 nitrogen and oxygen atoms in total. The van der Waals surface area contributed by atoms with Gasteiger partial charge in [-0.3, -0.25) is 9.59 Å². The Labute approximate surface area is 229 Å². The summed E-state index contributed by atoms with van der Waals surface area (Å²) >= 11 is 6.05. The summed E-state index contributed by atoms with van der Waals surface area (Å²) in [5, 5.41) is 0.624. The molecule has 2 aromatic rings. The third kappa shape index (κ3) is 5.69. The van der Waals surface area contributed by atoms with Gasteiger partial charge in [-0.2, -0.15) is 0 Å². The second-order valence-electron chi connectivity index (χ2n) is 11.0. The van der Waals surface area contributed by atoms with Gasteiger partial charge in [0.1, 0.15) is 11.6 Å². The lowest BCUT2D eigenvalue weighted by molar-refractivity contribution is -0.147. The van der Waals surface area contributed by atoms with E-state index in [1.165, 1.54) is 6.07 Å². The minimum atomic E-state index is -0.848. The van der Waals surface area contributed by atoms with Gasteiger partial charge in [0.15, 0.2) is 0 Å². The maximum atomic E-state index is 15.0. The molecule has 0 unspecified atom stereocenters.